The summed E-state index contributed by atoms with van der Waals surface area (Å²) >= 11 is 0. The first kappa shape index (κ1) is 16.4. The first-order valence-electron chi connectivity index (χ1n) is 6.84. The molecule has 0 fully saturated rings. The van der Waals surface area contributed by atoms with E-state index in [-0.39, 0.29) is 5.82 Å². The van der Waals surface area contributed by atoms with Crippen LogP contribution < -0.4 is 10.2 Å². The number of carboxylic acid groups (broad SMARTS) is 1. The van der Waals surface area contributed by atoms with Gasteiger partial charge in [-0.1, -0.05) is 6.92 Å². The molecule has 1 aromatic rings. The topological polar surface area (TPSA) is 52.6 Å². The summed E-state index contributed by atoms with van der Waals surface area (Å²) in [6, 6.07) is 6.18. The average Bonchev–Trinajstić information content (AvgIpc) is 2.43. The third-order valence-electron chi connectivity index (χ3n) is 3.45. The highest BCUT2D eigenvalue weighted by atomic mass is 19.1. The normalized spacial score (nSPS) is 13.8. The molecule has 0 spiro atoms. The van der Waals surface area contributed by atoms with Crippen molar-refractivity contribution in [2.24, 2.45) is 0 Å². The minimum absolute atomic E-state index is 0.276. The Kier molecular flexibility index (Phi) is 5.95. The van der Waals surface area contributed by atoms with Crippen molar-refractivity contribution in [3.05, 3.63) is 30.1 Å². The van der Waals surface area contributed by atoms with Crippen molar-refractivity contribution in [3.63, 3.8) is 0 Å². The molecule has 0 amide bonds. The fourth-order valence-corrected chi connectivity index (χ4v) is 1.89. The molecule has 4 nitrogen and oxygen atoms in total. The maximum atomic E-state index is 12.9. The number of nitrogens with zero attached hydrogens (tertiary/aromatic N) is 1. The zero-order valence-corrected chi connectivity index (χ0v) is 12.3. The summed E-state index contributed by atoms with van der Waals surface area (Å²) in [5, 5.41) is 12.4. The van der Waals surface area contributed by atoms with Crippen molar-refractivity contribution in [2.75, 3.05) is 25.0 Å². The van der Waals surface area contributed by atoms with Crippen LogP contribution in [0.5, 0.6) is 0 Å². The molecule has 0 heterocycles. The lowest BCUT2D eigenvalue weighted by Gasteiger charge is -2.29. The second kappa shape index (κ2) is 7.24. The van der Waals surface area contributed by atoms with Crippen molar-refractivity contribution >= 4 is 11.7 Å². The molecule has 0 aliphatic carbocycles. The van der Waals surface area contributed by atoms with Gasteiger partial charge in [0.15, 0.2) is 0 Å². The Bertz CT molecular complexity index is 436. The van der Waals surface area contributed by atoms with Crippen molar-refractivity contribution in [3.8, 4) is 0 Å². The van der Waals surface area contributed by atoms with Crippen LogP contribution in [0.25, 0.3) is 0 Å². The molecule has 0 saturated heterocycles. The number of nitrogens with one attached hydrogen (secondary N) is 1. The number of aliphatic carboxylic acids is 1. The van der Waals surface area contributed by atoms with Crippen LogP contribution in [-0.4, -0.2) is 36.8 Å². The molecule has 1 atom stereocenters. The molecule has 0 radical (unpaired) electrons. The van der Waals surface area contributed by atoms with E-state index in [0.29, 0.717) is 19.5 Å². The van der Waals surface area contributed by atoms with E-state index in [2.05, 4.69) is 5.32 Å². The van der Waals surface area contributed by atoms with Crippen LogP contribution in [-0.2, 0) is 4.79 Å². The lowest BCUT2D eigenvalue weighted by molar-refractivity contribution is -0.144. The Morgan fingerprint density at radius 1 is 1.40 bits per heavy atom. The van der Waals surface area contributed by atoms with Gasteiger partial charge in [-0.3, -0.25) is 4.79 Å². The van der Waals surface area contributed by atoms with Gasteiger partial charge in [0.05, 0.1) is 0 Å². The van der Waals surface area contributed by atoms with E-state index in [4.69, 9.17) is 0 Å². The zero-order chi connectivity index (χ0) is 15.2. The maximum Gasteiger partial charge on any atom is 0.323 e. The van der Waals surface area contributed by atoms with Gasteiger partial charge in [0.2, 0.25) is 0 Å². The van der Waals surface area contributed by atoms with E-state index in [0.717, 1.165) is 12.1 Å². The molecule has 1 rings (SSSR count). The standard InChI is InChI=1S/C15H23FN2O2/c1-4-10-17-15(2,14(19)20)9-11-18(3)13-7-5-12(16)6-8-13/h5-8,17H,4,9-11H2,1-3H3,(H,19,20). The third-order valence-corrected chi connectivity index (χ3v) is 3.45. The van der Waals surface area contributed by atoms with Gasteiger partial charge in [-0.05, 0) is 50.6 Å². The van der Waals surface area contributed by atoms with Gasteiger partial charge in [-0.25, -0.2) is 4.39 Å². The van der Waals surface area contributed by atoms with E-state index in [1.54, 1.807) is 19.1 Å². The van der Waals surface area contributed by atoms with Crippen LogP contribution in [0.1, 0.15) is 26.7 Å². The number of carboxylic acids is 1. The van der Waals surface area contributed by atoms with Crippen molar-refractivity contribution in [1.29, 1.82) is 0 Å². The van der Waals surface area contributed by atoms with Gasteiger partial charge < -0.3 is 15.3 Å². The average molecular weight is 282 g/mol. The van der Waals surface area contributed by atoms with Crippen molar-refractivity contribution < 1.29 is 14.3 Å². The Labute approximate surface area is 119 Å². The van der Waals surface area contributed by atoms with Crippen LogP contribution in [0.4, 0.5) is 10.1 Å². The van der Waals surface area contributed by atoms with Gasteiger partial charge in [-0.15, -0.1) is 0 Å². The highest BCUT2D eigenvalue weighted by molar-refractivity contribution is 5.78. The predicted molar refractivity (Wildman–Crippen MR) is 78.6 cm³/mol. The molecule has 20 heavy (non-hydrogen) atoms. The Balaban J connectivity index is 2.62. The summed E-state index contributed by atoms with van der Waals surface area (Å²) in [6.07, 6.45) is 1.35. The summed E-state index contributed by atoms with van der Waals surface area (Å²) in [5.74, 6) is -1.12. The Morgan fingerprint density at radius 2 is 2.00 bits per heavy atom. The molecule has 1 unspecified atom stereocenters. The van der Waals surface area contributed by atoms with Crippen molar-refractivity contribution in [2.45, 2.75) is 32.2 Å². The fraction of sp³-hybridized carbons (Fsp3) is 0.533. The van der Waals surface area contributed by atoms with E-state index < -0.39 is 11.5 Å². The molecule has 2 N–H and O–H groups in total. The first-order valence-corrected chi connectivity index (χ1v) is 6.84. The lowest BCUT2D eigenvalue weighted by Crippen LogP contribution is -2.51. The maximum absolute atomic E-state index is 12.9. The van der Waals surface area contributed by atoms with E-state index in [1.165, 1.54) is 12.1 Å². The van der Waals surface area contributed by atoms with Crippen LogP contribution in [0.2, 0.25) is 0 Å². The number of carbonyl (C=O) groups is 1. The van der Waals surface area contributed by atoms with Crippen LogP contribution in [0, 0.1) is 5.82 Å². The third kappa shape index (κ3) is 4.49. The Hall–Kier alpha value is -1.62. The van der Waals surface area contributed by atoms with Crippen LogP contribution >= 0.6 is 0 Å². The smallest absolute Gasteiger partial charge is 0.323 e. The van der Waals surface area contributed by atoms with E-state index >= 15 is 0 Å². The van der Waals surface area contributed by atoms with Gasteiger partial charge in [0, 0.05) is 19.3 Å². The zero-order valence-electron chi connectivity index (χ0n) is 12.3. The summed E-state index contributed by atoms with van der Waals surface area (Å²) in [6.45, 7) is 4.94. The van der Waals surface area contributed by atoms with Gasteiger partial charge in [0.25, 0.3) is 0 Å². The number of benzene rings is 1. The summed E-state index contributed by atoms with van der Waals surface area (Å²) in [5.41, 5.74) is -0.0702. The van der Waals surface area contributed by atoms with Gasteiger partial charge in [-0.2, -0.15) is 0 Å². The summed E-state index contributed by atoms with van der Waals surface area (Å²) in [4.78, 5) is 13.3. The highest BCUT2D eigenvalue weighted by Gasteiger charge is 2.32. The monoisotopic (exact) mass is 282 g/mol. The summed E-state index contributed by atoms with van der Waals surface area (Å²) < 4.78 is 12.9. The van der Waals surface area contributed by atoms with E-state index in [1.807, 2.05) is 18.9 Å². The molecule has 0 bridgehead atoms. The quantitative estimate of drug-likeness (QED) is 0.769. The molecule has 0 aromatic heterocycles. The molecule has 1 aromatic carbocycles. The fourth-order valence-electron chi connectivity index (χ4n) is 1.89. The number of anilines is 1. The van der Waals surface area contributed by atoms with Gasteiger partial charge in [0.1, 0.15) is 11.4 Å². The highest BCUT2D eigenvalue weighted by Crippen LogP contribution is 2.17. The molecule has 0 aliphatic heterocycles. The van der Waals surface area contributed by atoms with Crippen LogP contribution in [0.15, 0.2) is 24.3 Å². The molecular weight excluding hydrogens is 259 g/mol. The number of hydrogen-bond acceptors (Lipinski definition) is 3. The number of hydrogen-bond donors (Lipinski definition) is 2. The predicted octanol–water partition coefficient (Wildman–Crippen LogP) is 2.49. The largest absolute Gasteiger partial charge is 0.480 e. The minimum atomic E-state index is -0.940. The van der Waals surface area contributed by atoms with Crippen LogP contribution in [0.3, 0.4) is 0 Å². The molecular formula is C15H23FN2O2. The SMILES string of the molecule is CCCNC(C)(CCN(C)c1ccc(F)cc1)C(=O)O. The summed E-state index contributed by atoms with van der Waals surface area (Å²) in [7, 11) is 1.87. The molecule has 0 saturated carbocycles. The second-order valence-corrected chi connectivity index (χ2v) is 5.21. The lowest BCUT2D eigenvalue weighted by atomic mass is 9.97. The Morgan fingerprint density at radius 3 is 2.50 bits per heavy atom. The first-order chi connectivity index (χ1) is 9.39. The van der Waals surface area contributed by atoms with Crippen molar-refractivity contribution in [1.82, 2.24) is 5.32 Å². The molecule has 5 heteroatoms. The van der Waals surface area contributed by atoms with Gasteiger partial charge >= 0.3 is 5.97 Å². The number of rotatable bonds is 8. The molecule has 0 aliphatic rings. The number of halogens is 1. The molecule has 112 valence electrons. The minimum Gasteiger partial charge on any atom is -0.480 e. The second-order valence-electron chi connectivity index (χ2n) is 5.21. The van der Waals surface area contributed by atoms with E-state index in [9.17, 15) is 14.3 Å².